The summed E-state index contributed by atoms with van der Waals surface area (Å²) in [5, 5.41) is 14.0. The number of hydrogen-bond donors (Lipinski definition) is 1. The molecule has 1 aromatic carbocycles. The van der Waals surface area contributed by atoms with Gasteiger partial charge in [-0.25, -0.2) is 14.5 Å². The van der Waals surface area contributed by atoms with Crippen LogP contribution in [0.25, 0.3) is 0 Å². The molecule has 1 saturated heterocycles. The molecule has 3 rings (SSSR count). The Kier molecular flexibility index (Phi) is 5.03. The number of benzene rings is 1. The maximum absolute atomic E-state index is 11.9. The predicted octanol–water partition coefficient (Wildman–Crippen LogP) is 2.10. The first-order valence-electron chi connectivity index (χ1n) is 8.60. The van der Waals surface area contributed by atoms with Gasteiger partial charge in [-0.05, 0) is 31.5 Å². The third kappa shape index (κ3) is 3.82. The second-order valence-corrected chi connectivity index (χ2v) is 6.49. The highest BCUT2D eigenvalue weighted by atomic mass is 16.5. The molecule has 134 valence electrons. The van der Waals surface area contributed by atoms with Crippen molar-refractivity contribution >= 4 is 5.97 Å². The summed E-state index contributed by atoms with van der Waals surface area (Å²) in [5.74, 6) is 0.622. The van der Waals surface area contributed by atoms with Gasteiger partial charge in [-0.2, -0.15) is 5.10 Å². The zero-order valence-electron chi connectivity index (χ0n) is 14.7. The summed E-state index contributed by atoms with van der Waals surface area (Å²) < 4.78 is 7.82. The van der Waals surface area contributed by atoms with Gasteiger partial charge >= 0.3 is 5.97 Å². The molecule has 0 bridgehead atoms. The largest absolute Gasteiger partial charge is 0.478 e. The normalized spacial score (nSPS) is 17.4. The number of aliphatic carboxylic acids is 1. The van der Waals surface area contributed by atoms with Crippen molar-refractivity contribution in [3.8, 4) is 5.75 Å². The minimum Gasteiger partial charge on any atom is -0.478 e. The lowest BCUT2D eigenvalue weighted by atomic mass is 9.91. The lowest BCUT2D eigenvalue weighted by Gasteiger charge is -2.38. The standard InChI is InChI=1S/C18H24N4O3/c1-3-22-16(19-13-20-22)12-21-9-7-18(8-10-21,17(23)24)25-15-6-4-5-14(2)11-15/h4-6,11,13H,3,7-10,12H2,1-2H3,(H,23,24). The minimum atomic E-state index is -1.16. The van der Waals surface area contributed by atoms with Crippen LogP contribution in [0.2, 0.25) is 0 Å². The van der Waals surface area contributed by atoms with Crippen LogP contribution in [0.5, 0.6) is 5.75 Å². The monoisotopic (exact) mass is 344 g/mol. The topological polar surface area (TPSA) is 80.5 Å². The first-order chi connectivity index (χ1) is 12.0. The van der Waals surface area contributed by atoms with E-state index < -0.39 is 11.6 Å². The van der Waals surface area contributed by atoms with E-state index >= 15 is 0 Å². The molecule has 1 aromatic heterocycles. The molecule has 0 saturated carbocycles. The summed E-state index contributed by atoms with van der Waals surface area (Å²) in [5.41, 5.74) is -0.114. The van der Waals surface area contributed by atoms with Crippen LogP contribution < -0.4 is 4.74 Å². The smallest absolute Gasteiger partial charge is 0.348 e. The van der Waals surface area contributed by atoms with E-state index in [2.05, 4.69) is 15.0 Å². The highest BCUT2D eigenvalue weighted by Gasteiger charge is 2.44. The molecule has 0 unspecified atom stereocenters. The molecule has 25 heavy (non-hydrogen) atoms. The Labute approximate surface area is 147 Å². The summed E-state index contributed by atoms with van der Waals surface area (Å²) in [6.07, 6.45) is 2.44. The van der Waals surface area contributed by atoms with Crippen molar-refractivity contribution < 1.29 is 14.6 Å². The second kappa shape index (κ2) is 7.23. The van der Waals surface area contributed by atoms with Gasteiger partial charge in [0.25, 0.3) is 0 Å². The molecule has 0 amide bonds. The highest BCUT2D eigenvalue weighted by molar-refractivity contribution is 5.78. The van der Waals surface area contributed by atoms with Gasteiger partial charge in [-0.1, -0.05) is 12.1 Å². The maximum atomic E-state index is 11.9. The molecule has 0 spiro atoms. The van der Waals surface area contributed by atoms with Gasteiger partial charge in [0.1, 0.15) is 17.9 Å². The number of ether oxygens (including phenoxy) is 1. The van der Waals surface area contributed by atoms with E-state index in [1.165, 1.54) is 0 Å². The van der Waals surface area contributed by atoms with Gasteiger partial charge in [0.05, 0.1) is 6.54 Å². The fourth-order valence-electron chi connectivity index (χ4n) is 3.21. The van der Waals surface area contributed by atoms with Crippen molar-refractivity contribution in [3.63, 3.8) is 0 Å². The predicted molar refractivity (Wildman–Crippen MR) is 92.4 cm³/mol. The van der Waals surface area contributed by atoms with E-state index in [-0.39, 0.29) is 0 Å². The summed E-state index contributed by atoms with van der Waals surface area (Å²) in [7, 11) is 0. The van der Waals surface area contributed by atoms with Crippen LogP contribution in [0, 0.1) is 6.92 Å². The van der Waals surface area contributed by atoms with Crippen LogP contribution in [0.1, 0.15) is 31.2 Å². The number of hydrogen-bond acceptors (Lipinski definition) is 5. The summed E-state index contributed by atoms with van der Waals surface area (Å²) in [6, 6.07) is 7.54. The van der Waals surface area contributed by atoms with Crippen LogP contribution in [0.15, 0.2) is 30.6 Å². The third-order valence-corrected chi connectivity index (χ3v) is 4.72. The van der Waals surface area contributed by atoms with Crippen LogP contribution >= 0.6 is 0 Å². The Balaban J connectivity index is 1.67. The molecular formula is C18H24N4O3. The van der Waals surface area contributed by atoms with Gasteiger partial charge in [0.2, 0.25) is 5.60 Å². The van der Waals surface area contributed by atoms with Crippen molar-refractivity contribution in [1.29, 1.82) is 0 Å². The van der Waals surface area contributed by atoms with Crippen LogP contribution in [0.4, 0.5) is 0 Å². The zero-order valence-corrected chi connectivity index (χ0v) is 14.7. The molecule has 7 heteroatoms. The van der Waals surface area contributed by atoms with Crippen LogP contribution in [-0.2, 0) is 17.9 Å². The molecule has 0 radical (unpaired) electrons. The highest BCUT2D eigenvalue weighted by Crippen LogP contribution is 2.30. The molecule has 1 fully saturated rings. The molecule has 1 aliphatic heterocycles. The fourth-order valence-corrected chi connectivity index (χ4v) is 3.21. The molecule has 0 aliphatic carbocycles. The average molecular weight is 344 g/mol. The lowest BCUT2D eigenvalue weighted by Crippen LogP contribution is -2.53. The van der Waals surface area contributed by atoms with E-state index in [0.717, 1.165) is 17.9 Å². The number of carboxylic acid groups (broad SMARTS) is 1. The van der Waals surface area contributed by atoms with Gasteiger partial charge in [-0.15, -0.1) is 0 Å². The number of aryl methyl sites for hydroxylation is 2. The minimum absolute atomic E-state index is 0.441. The Hall–Kier alpha value is -2.41. The second-order valence-electron chi connectivity index (χ2n) is 6.49. The van der Waals surface area contributed by atoms with Gasteiger partial charge in [0, 0.05) is 32.5 Å². The molecule has 1 aliphatic rings. The molecule has 1 N–H and O–H groups in total. The van der Waals surface area contributed by atoms with Crippen LogP contribution in [-0.4, -0.2) is 49.4 Å². The van der Waals surface area contributed by atoms with E-state index in [1.54, 1.807) is 6.33 Å². The van der Waals surface area contributed by atoms with Crippen molar-refractivity contribution in [3.05, 3.63) is 42.0 Å². The summed E-state index contributed by atoms with van der Waals surface area (Å²) >= 11 is 0. The first-order valence-corrected chi connectivity index (χ1v) is 8.60. The fraction of sp³-hybridized carbons (Fsp3) is 0.500. The first kappa shape index (κ1) is 17.4. The number of likely N-dealkylation sites (tertiary alicyclic amines) is 1. The lowest BCUT2D eigenvalue weighted by molar-refractivity contribution is -0.159. The average Bonchev–Trinajstić information content (AvgIpc) is 3.04. The third-order valence-electron chi connectivity index (χ3n) is 4.72. The number of nitrogens with zero attached hydrogens (tertiary/aromatic N) is 4. The zero-order chi connectivity index (χ0) is 17.9. The van der Waals surface area contributed by atoms with Crippen molar-refractivity contribution in [2.45, 2.75) is 45.4 Å². The number of rotatable bonds is 6. The van der Waals surface area contributed by atoms with Gasteiger partial charge < -0.3 is 9.84 Å². The Morgan fingerprint density at radius 1 is 1.36 bits per heavy atom. The number of carboxylic acids is 1. The SMILES string of the molecule is CCn1ncnc1CN1CCC(Oc2cccc(C)c2)(C(=O)O)CC1. The van der Waals surface area contributed by atoms with Gasteiger partial charge in [-0.3, -0.25) is 4.90 Å². The Morgan fingerprint density at radius 2 is 2.12 bits per heavy atom. The maximum Gasteiger partial charge on any atom is 0.348 e. The van der Waals surface area contributed by atoms with E-state index in [9.17, 15) is 9.90 Å². The number of carbonyl (C=O) groups is 1. The molecule has 7 nitrogen and oxygen atoms in total. The van der Waals surface area contributed by atoms with Crippen molar-refractivity contribution in [2.75, 3.05) is 13.1 Å². The van der Waals surface area contributed by atoms with E-state index in [4.69, 9.17) is 4.74 Å². The Morgan fingerprint density at radius 3 is 2.76 bits per heavy atom. The number of piperidine rings is 1. The molecule has 2 heterocycles. The molecular weight excluding hydrogens is 320 g/mol. The van der Waals surface area contributed by atoms with Gasteiger partial charge in [0.15, 0.2) is 0 Å². The van der Waals surface area contributed by atoms with E-state index in [1.807, 2.05) is 42.8 Å². The summed E-state index contributed by atoms with van der Waals surface area (Å²) in [6.45, 7) is 6.74. The van der Waals surface area contributed by atoms with Crippen LogP contribution in [0.3, 0.4) is 0 Å². The van der Waals surface area contributed by atoms with E-state index in [0.29, 0.717) is 38.2 Å². The molecule has 2 aromatic rings. The van der Waals surface area contributed by atoms with Crippen molar-refractivity contribution in [2.24, 2.45) is 0 Å². The quantitative estimate of drug-likeness (QED) is 0.864. The summed E-state index contributed by atoms with van der Waals surface area (Å²) in [4.78, 5) is 18.4. The number of aromatic nitrogens is 3. The Bertz CT molecular complexity index is 735. The van der Waals surface area contributed by atoms with Crippen molar-refractivity contribution in [1.82, 2.24) is 19.7 Å². The molecule has 0 atom stereocenters.